The maximum absolute atomic E-state index is 14.8. The lowest BCUT2D eigenvalue weighted by Gasteiger charge is -2.36. The molecule has 1 heterocycles. The predicted octanol–water partition coefficient (Wildman–Crippen LogP) is 5.81. The van der Waals surface area contributed by atoms with Crippen LogP contribution >= 0.6 is 7.14 Å². The van der Waals surface area contributed by atoms with Crippen molar-refractivity contribution in [3.05, 3.63) is 60.7 Å². The van der Waals surface area contributed by atoms with Crippen molar-refractivity contribution in [1.29, 1.82) is 0 Å². The first-order chi connectivity index (χ1) is 14.0. The topological polar surface area (TPSA) is 38.8 Å². The highest BCUT2D eigenvalue weighted by Gasteiger charge is 2.55. The van der Waals surface area contributed by atoms with Crippen LogP contribution in [0.25, 0.3) is 0 Å². The van der Waals surface area contributed by atoms with Gasteiger partial charge in [0.2, 0.25) is 0 Å². The lowest BCUT2D eigenvalue weighted by Crippen LogP contribution is -2.42. The second-order valence-corrected chi connectivity index (χ2v) is 18.0. The van der Waals surface area contributed by atoms with E-state index in [2.05, 4.69) is 47.7 Å². The Kier molecular flexibility index (Phi) is 6.84. The average molecular weight is 445 g/mol. The summed E-state index contributed by atoms with van der Waals surface area (Å²) >= 11 is 0. The summed E-state index contributed by atoms with van der Waals surface area (Å²) in [5, 5.41) is 1.99. The number of hydrogen-bond donors (Lipinski definition) is 0. The van der Waals surface area contributed by atoms with Crippen LogP contribution in [-0.4, -0.2) is 32.8 Å². The Morgan fingerprint density at radius 2 is 1.43 bits per heavy atom. The number of rotatable bonds is 8. The summed E-state index contributed by atoms with van der Waals surface area (Å²) in [7, 11) is -4.73. The minimum atomic E-state index is -2.89. The Bertz CT molecular complexity index is 831. The molecule has 3 rings (SSSR count). The molecule has 3 nitrogen and oxygen atoms in total. The van der Waals surface area contributed by atoms with Gasteiger partial charge in [-0.2, -0.15) is 0 Å². The van der Waals surface area contributed by atoms with Crippen molar-refractivity contribution in [3.8, 4) is 0 Å². The summed E-state index contributed by atoms with van der Waals surface area (Å²) in [5.74, 6) is 0.221. The van der Waals surface area contributed by atoms with Crippen molar-refractivity contribution >= 4 is 26.1 Å². The largest absolute Gasteiger partial charge is 0.414 e. The molecule has 0 radical (unpaired) electrons. The molecule has 1 aliphatic heterocycles. The highest BCUT2D eigenvalue weighted by Crippen LogP contribution is 2.57. The van der Waals surface area contributed by atoms with Gasteiger partial charge in [0.15, 0.2) is 8.32 Å². The van der Waals surface area contributed by atoms with E-state index >= 15 is 0 Å². The maximum Gasteiger partial charge on any atom is 0.192 e. The van der Waals surface area contributed by atoms with E-state index in [-0.39, 0.29) is 28.8 Å². The third-order valence-electron chi connectivity index (χ3n) is 6.76. The lowest BCUT2D eigenvalue weighted by atomic mass is 10.1. The molecule has 2 aromatic rings. The second kappa shape index (κ2) is 8.74. The molecule has 1 aliphatic rings. The molecule has 0 aromatic heterocycles. The molecule has 0 bridgehead atoms. The lowest BCUT2D eigenvalue weighted by molar-refractivity contribution is 0.241. The molecule has 0 amide bonds. The molecule has 0 N–H and O–H groups in total. The monoisotopic (exact) mass is 444 g/mol. The van der Waals surface area contributed by atoms with Crippen LogP contribution in [0.1, 0.15) is 34.6 Å². The number of ether oxygens (including phenoxy) is 1. The van der Waals surface area contributed by atoms with Gasteiger partial charge in [0.05, 0.1) is 18.4 Å². The van der Waals surface area contributed by atoms with Gasteiger partial charge in [-0.15, -0.1) is 0 Å². The van der Waals surface area contributed by atoms with Crippen molar-refractivity contribution in [3.63, 3.8) is 0 Å². The average Bonchev–Trinajstić information content (AvgIpc) is 3.45. The summed E-state index contributed by atoms with van der Waals surface area (Å²) < 4.78 is 27.4. The Hall–Kier alpha value is -1.19. The maximum atomic E-state index is 14.8. The summed E-state index contributed by atoms with van der Waals surface area (Å²) in [4.78, 5) is 0. The van der Waals surface area contributed by atoms with E-state index in [1.54, 1.807) is 0 Å². The SMILES string of the molecule is CC(C)[C@H]([C@H]1O[C@@H]1CO[Si](C)(C)C(C)(C)C)P(=O)(c1ccccc1)c1ccccc1. The molecule has 2 aromatic carbocycles. The fourth-order valence-electron chi connectivity index (χ4n) is 3.90. The van der Waals surface area contributed by atoms with Gasteiger partial charge in [-0.1, -0.05) is 95.3 Å². The summed E-state index contributed by atoms with van der Waals surface area (Å²) in [6, 6.07) is 19.9. The van der Waals surface area contributed by atoms with E-state index in [1.807, 2.05) is 60.7 Å². The summed E-state index contributed by atoms with van der Waals surface area (Å²) in [5.41, 5.74) is -0.0738. The number of epoxide rings is 1. The first-order valence-corrected chi connectivity index (χ1v) is 15.7. The Balaban J connectivity index is 1.90. The Morgan fingerprint density at radius 1 is 0.967 bits per heavy atom. The van der Waals surface area contributed by atoms with E-state index in [0.717, 1.165) is 10.6 Å². The van der Waals surface area contributed by atoms with Crippen molar-refractivity contribution in [2.75, 3.05) is 6.61 Å². The van der Waals surface area contributed by atoms with Gasteiger partial charge in [0, 0.05) is 10.6 Å². The molecule has 0 spiro atoms. The van der Waals surface area contributed by atoms with Crippen LogP contribution in [0.3, 0.4) is 0 Å². The normalized spacial score (nSPS) is 20.9. The van der Waals surface area contributed by atoms with Crippen molar-refractivity contribution < 1.29 is 13.7 Å². The fraction of sp³-hybridized carbons (Fsp3) is 0.520. The summed E-state index contributed by atoms with van der Waals surface area (Å²) in [6.45, 7) is 16.2. The van der Waals surface area contributed by atoms with Crippen LogP contribution in [0.5, 0.6) is 0 Å². The first-order valence-electron chi connectivity index (χ1n) is 11.0. The van der Waals surface area contributed by atoms with Gasteiger partial charge < -0.3 is 13.7 Å². The third-order valence-corrected chi connectivity index (χ3v) is 15.1. The van der Waals surface area contributed by atoms with E-state index in [4.69, 9.17) is 9.16 Å². The van der Waals surface area contributed by atoms with E-state index < -0.39 is 15.5 Å². The molecular weight excluding hydrogens is 407 g/mol. The molecular formula is C25H37O3PSi. The molecule has 1 fully saturated rings. The zero-order valence-corrected chi connectivity index (χ0v) is 21.4. The summed E-state index contributed by atoms with van der Waals surface area (Å²) in [6.07, 6.45) is -0.0201. The van der Waals surface area contributed by atoms with Gasteiger partial charge in [-0.3, -0.25) is 0 Å². The predicted molar refractivity (Wildman–Crippen MR) is 130 cm³/mol. The third kappa shape index (κ3) is 4.67. The Labute approximate surface area is 183 Å². The van der Waals surface area contributed by atoms with Crippen LogP contribution in [0, 0.1) is 5.92 Å². The van der Waals surface area contributed by atoms with Gasteiger partial charge in [0.25, 0.3) is 0 Å². The van der Waals surface area contributed by atoms with Gasteiger partial charge >= 0.3 is 0 Å². The molecule has 0 saturated carbocycles. The van der Waals surface area contributed by atoms with Gasteiger partial charge in [0.1, 0.15) is 13.2 Å². The molecule has 1 saturated heterocycles. The fourth-order valence-corrected chi connectivity index (χ4v) is 8.64. The highest BCUT2D eigenvalue weighted by molar-refractivity contribution is 7.79. The number of hydrogen-bond acceptors (Lipinski definition) is 3. The highest BCUT2D eigenvalue weighted by atomic mass is 31.2. The number of benzene rings is 2. The zero-order chi connectivity index (χ0) is 22.2. The van der Waals surface area contributed by atoms with Crippen LogP contribution < -0.4 is 10.6 Å². The van der Waals surface area contributed by atoms with E-state index in [9.17, 15) is 4.57 Å². The Morgan fingerprint density at radius 3 is 1.83 bits per heavy atom. The van der Waals surface area contributed by atoms with Crippen molar-refractivity contribution in [2.24, 2.45) is 5.92 Å². The first kappa shape index (κ1) is 23.5. The minimum Gasteiger partial charge on any atom is -0.414 e. The smallest absolute Gasteiger partial charge is 0.192 e. The molecule has 5 heteroatoms. The van der Waals surface area contributed by atoms with Crippen LogP contribution in [0.2, 0.25) is 18.1 Å². The molecule has 30 heavy (non-hydrogen) atoms. The second-order valence-electron chi connectivity index (χ2n) is 10.3. The van der Waals surface area contributed by atoms with E-state index in [0.29, 0.717) is 6.61 Å². The quantitative estimate of drug-likeness (QED) is 0.293. The van der Waals surface area contributed by atoms with Gasteiger partial charge in [-0.05, 0) is 24.1 Å². The van der Waals surface area contributed by atoms with Crippen molar-refractivity contribution in [1.82, 2.24) is 0 Å². The standard InChI is InChI=1S/C25H37O3PSi/c1-19(2)24(23-22(28-23)18-27-30(6,7)25(3,4)5)29(26,20-14-10-8-11-15-20)21-16-12-9-13-17-21/h8-17,19,22-24H,18H2,1-7H3/t22-,23+,24-/m1/s1. The van der Waals surface area contributed by atoms with Crippen LogP contribution in [0.15, 0.2) is 60.7 Å². The molecule has 164 valence electrons. The molecule has 0 unspecified atom stereocenters. The molecule has 0 aliphatic carbocycles. The minimum absolute atomic E-state index is 0.0206. The zero-order valence-electron chi connectivity index (χ0n) is 19.5. The van der Waals surface area contributed by atoms with Crippen LogP contribution in [0.4, 0.5) is 0 Å². The van der Waals surface area contributed by atoms with E-state index in [1.165, 1.54) is 0 Å². The van der Waals surface area contributed by atoms with Crippen LogP contribution in [-0.2, 0) is 13.7 Å². The molecule has 3 atom stereocenters. The van der Waals surface area contributed by atoms with Crippen molar-refractivity contribution in [2.45, 2.75) is 70.6 Å². The van der Waals surface area contributed by atoms with Gasteiger partial charge in [-0.25, -0.2) is 0 Å².